The summed E-state index contributed by atoms with van der Waals surface area (Å²) >= 11 is 3.26. The van der Waals surface area contributed by atoms with E-state index in [1.807, 2.05) is 12.1 Å². The van der Waals surface area contributed by atoms with Gasteiger partial charge in [0.05, 0.1) is 0 Å². The first-order valence-electron chi connectivity index (χ1n) is 5.13. The standard InChI is InChI=1S/C11H14BrFN2/c12-10-2-1-9(11(13)7-10)8-15-5-3-14-4-6-15/h1-2,7,14H,3-6,8H2. The van der Waals surface area contributed by atoms with Crippen LogP contribution in [0.4, 0.5) is 4.39 Å². The minimum absolute atomic E-state index is 0.122. The van der Waals surface area contributed by atoms with E-state index in [1.165, 1.54) is 6.07 Å². The quantitative estimate of drug-likeness (QED) is 0.886. The van der Waals surface area contributed by atoms with E-state index in [9.17, 15) is 4.39 Å². The molecule has 0 aromatic heterocycles. The Morgan fingerprint density at radius 2 is 2.07 bits per heavy atom. The minimum Gasteiger partial charge on any atom is -0.314 e. The van der Waals surface area contributed by atoms with Crippen LogP contribution in [0, 0.1) is 5.82 Å². The summed E-state index contributed by atoms with van der Waals surface area (Å²) in [5, 5.41) is 3.28. The van der Waals surface area contributed by atoms with Crippen LogP contribution in [0.2, 0.25) is 0 Å². The molecule has 0 unspecified atom stereocenters. The third-order valence-electron chi connectivity index (χ3n) is 2.62. The van der Waals surface area contributed by atoms with Crippen molar-refractivity contribution in [3.63, 3.8) is 0 Å². The molecule has 82 valence electrons. The van der Waals surface area contributed by atoms with Gasteiger partial charge in [-0.3, -0.25) is 4.90 Å². The molecule has 1 saturated heterocycles. The maximum atomic E-state index is 13.5. The average Bonchev–Trinajstić information content (AvgIpc) is 2.24. The third-order valence-corrected chi connectivity index (χ3v) is 3.11. The smallest absolute Gasteiger partial charge is 0.128 e. The average molecular weight is 273 g/mol. The predicted octanol–water partition coefficient (Wildman–Crippen LogP) is 1.99. The molecule has 1 aromatic rings. The molecule has 1 fully saturated rings. The Kier molecular flexibility index (Phi) is 3.72. The Morgan fingerprint density at radius 3 is 2.73 bits per heavy atom. The van der Waals surface area contributed by atoms with Gasteiger partial charge in [-0.25, -0.2) is 4.39 Å². The molecule has 1 N–H and O–H groups in total. The summed E-state index contributed by atoms with van der Waals surface area (Å²) < 4.78 is 14.3. The lowest BCUT2D eigenvalue weighted by Gasteiger charge is -2.27. The highest BCUT2D eigenvalue weighted by Crippen LogP contribution is 2.16. The fourth-order valence-corrected chi connectivity index (χ4v) is 2.09. The number of benzene rings is 1. The number of hydrogen-bond acceptors (Lipinski definition) is 2. The van der Waals surface area contributed by atoms with E-state index in [-0.39, 0.29) is 5.82 Å². The lowest BCUT2D eigenvalue weighted by Crippen LogP contribution is -2.43. The number of piperazine rings is 1. The zero-order chi connectivity index (χ0) is 10.7. The van der Waals surface area contributed by atoms with Crippen molar-refractivity contribution in [3.8, 4) is 0 Å². The molecule has 0 aliphatic carbocycles. The monoisotopic (exact) mass is 272 g/mol. The first kappa shape index (κ1) is 11.0. The molecule has 0 bridgehead atoms. The van der Waals surface area contributed by atoms with Crippen molar-refractivity contribution in [1.29, 1.82) is 0 Å². The van der Waals surface area contributed by atoms with Gasteiger partial charge in [-0.15, -0.1) is 0 Å². The van der Waals surface area contributed by atoms with Crippen molar-refractivity contribution in [2.45, 2.75) is 6.54 Å². The van der Waals surface area contributed by atoms with Crippen LogP contribution >= 0.6 is 15.9 Å². The zero-order valence-corrected chi connectivity index (χ0v) is 10.1. The Bertz CT molecular complexity index is 337. The first-order valence-corrected chi connectivity index (χ1v) is 5.92. The number of halogens is 2. The number of nitrogens with one attached hydrogen (secondary N) is 1. The summed E-state index contributed by atoms with van der Waals surface area (Å²) in [6, 6.07) is 5.26. The SMILES string of the molecule is Fc1cc(Br)ccc1CN1CCNCC1. The van der Waals surface area contributed by atoms with Crippen molar-refractivity contribution in [3.05, 3.63) is 34.1 Å². The summed E-state index contributed by atoms with van der Waals surface area (Å²) in [5.41, 5.74) is 0.778. The summed E-state index contributed by atoms with van der Waals surface area (Å²) in [5.74, 6) is -0.122. The number of nitrogens with zero attached hydrogens (tertiary/aromatic N) is 1. The lowest BCUT2D eigenvalue weighted by molar-refractivity contribution is 0.230. The minimum atomic E-state index is -0.122. The number of hydrogen-bond donors (Lipinski definition) is 1. The maximum Gasteiger partial charge on any atom is 0.128 e. The van der Waals surface area contributed by atoms with Gasteiger partial charge in [0.1, 0.15) is 5.82 Å². The predicted molar refractivity (Wildman–Crippen MR) is 62.2 cm³/mol. The molecule has 0 amide bonds. The Labute approximate surface area is 97.6 Å². The van der Waals surface area contributed by atoms with Gasteiger partial charge in [-0.1, -0.05) is 22.0 Å². The van der Waals surface area contributed by atoms with Crippen LogP contribution in [-0.4, -0.2) is 31.1 Å². The van der Waals surface area contributed by atoms with E-state index >= 15 is 0 Å². The Hall–Kier alpha value is -0.450. The molecule has 0 atom stereocenters. The topological polar surface area (TPSA) is 15.3 Å². The van der Waals surface area contributed by atoms with Crippen LogP contribution in [0.25, 0.3) is 0 Å². The van der Waals surface area contributed by atoms with Gasteiger partial charge in [-0.05, 0) is 12.1 Å². The summed E-state index contributed by atoms with van der Waals surface area (Å²) in [6.07, 6.45) is 0. The molecule has 15 heavy (non-hydrogen) atoms. The number of rotatable bonds is 2. The molecule has 4 heteroatoms. The highest BCUT2D eigenvalue weighted by atomic mass is 79.9. The molecule has 0 saturated carbocycles. The maximum absolute atomic E-state index is 13.5. The van der Waals surface area contributed by atoms with Crippen molar-refractivity contribution in [2.24, 2.45) is 0 Å². The van der Waals surface area contributed by atoms with Gasteiger partial charge in [-0.2, -0.15) is 0 Å². The third kappa shape index (κ3) is 3.00. The van der Waals surface area contributed by atoms with Crippen molar-refractivity contribution in [2.75, 3.05) is 26.2 Å². The molecule has 2 nitrogen and oxygen atoms in total. The van der Waals surface area contributed by atoms with Gasteiger partial charge in [0.15, 0.2) is 0 Å². The molecule has 2 rings (SSSR count). The van der Waals surface area contributed by atoms with Gasteiger partial charge < -0.3 is 5.32 Å². The second-order valence-corrected chi connectivity index (χ2v) is 4.68. The Balaban J connectivity index is 2.03. The molecule has 0 radical (unpaired) electrons. The van der Waals surface area contributed by atoms with Crippen LogP contribution < -0.4 is 5.32 Å². The summed E-state index contributed by atoms with van der Waals surface area (Å²) in [6.45, 7) is 4.70. The molecule has 0 spiro atoms. The highest BCUT2D eigenvalue weighted by Gasteiger charge is 2.12. The zero-order valence-electron chi connectivity index (χ0n) is 8.47. The van der Waals surface area contributed by atoms with Crippen LogP contribution in [0.5, 0.6) is 0 Å². The van der Waals surface area contributed by atoms with Crippen molar-refractivity contribution < 1.29 is 4.39 Å². The molecular formula is C11H14BrFN2. The van der Waals surface area contributed by atoms with Crippen LogP contribution in [0.3, 0.4) is 0 Å². The van der Waals surface area contributed by atoms with Crippen molar-refractivity contribution in [1.82, 2.24) is 10.2 Å². The van der Waals surface area contributed by atoms with Crippen molar-refractivity contribution >= 4 is 15.9 Å². The summed E-state index contributed by atoms with van der Waals surface area (Å²) in [4.78, 5) is 2.27. The molecular weight excluding hydrogens is 259 g/mol. The van der Waals surface area contributed by atoms with E-state index in [0.29, 0.717) is 6.54 Å². The van der Waals surface area contributed by atoms with E-state index in [2.05, 4.69) is 26.1 Å². The fraction of sp³-hybridized carbons (Fsp3) is 0.455. The van der Waals surface area contributed by atoms with Gasteiger partial charge >= 0.3 is 0 Å². The van der Waals surface area contributed by atoms with E-state index < -0.39 is 0 Å². The second-order valence-electron chi connectivity index (χ2n) is 3.76. The highest BCUT2D eigenvalue weighted by molar-refractivity contribution is 9.10. The van der Waals surface area contributed by atoms with Gasteiger partial charge in [0, 0.05) is 42.8 Å². The molecule has 1 heterocycles. The molecule has 1 aliphatic rings. The fourth-order valence-electron chi connectivity index (χ4n) is 1.76. The van der Waals surface area contributed by atoms with E-state index in [4.69, 9.17) is 0 Å². The van der Waals surface area contributed by atoms with Gasteiger partial charge in [0.2, 0.25) is 0 Å². The lowest BCUT2D eigenvalue weighted by atomic mass is 10.2. The molecule has 1 aliphatic heterocycles. The molecule has 1 aromatic carbocycles. The van der Waals surface area contributed by atoms with E-state index in [1.54, 1.807) is 0 Å². The van der Waals surface area contributed by atoms with E-state index in [0.717, 1.165) is 36.2 Å². The normalized spacial score (nSPS) is 18.0. The van der Waals surface area contributed by atoms with Crippen LogP contribution in [-0.2, 0) is 6.54 Å². The summed E-state index contributed by atoms with van der Waals surface area (Å²) in [7, 11) is 0. The van der Waals surface area contributed by atoms with Crippen LogP contribution in [0.15, 0.2) is 22.7 Å². The first-order chi connectivity index (χ1) is 7.25. The second kappa shape index (κ2) is 5.05. The van der Waals surface area contributed by atoms with Crippen LogP contribution in [0.1, 0.15) is 5.56 Å². The largest absolute Gasteiger partial charge is 0.314 e. The van der Waals surface area contributed by atoms with Gasteiger partial charge in [0.25, 0.3) is 0 Å². The Morgan fingerprint density at radius 1 is 1.33 bits per heavy atom.